The smallest absolute Gasteiger partial charge is 0.316 e. The number of oxime groups is 1. The van der Waals surface area contributed by atoms with Crippen LogP contribution in [0.4, 0.5) is 5.13 Å². The summed E-state index contributed by atoms with van der Waals surface area (Å²) >= 11 is 11.1. The molecule has 44 heavy (non-hydrogen) atoms. The zero-order valence-electron chi connectivity index (χ0n) is 22.9. The summed E-state index contributed by atoms with van der Waals surface area (Å²) in [5.41, 5.74) is 4.49. The monoisotopic (exact) mass is 691 g/mol. The van der Waals surface area contributed by atoms with Gasteiger partial charge in [-0.05, 0) is 49.3 Å². The number of nitrogens with two attached hydrogens (primary N) is 1. The molecule has 4 N–H and O–H groups in total. The number of nitrogens with one attached hydrogen (secondary N) is 1. The number of carboxylic acids is 1. The number of benzene rings is 1. The van der Waals surface area contributed by atoms with E-state index in [9.17, 15) is 24.3 Å². The Bertz CT molecular complexity index is 1760. The Morgan fingerprint density at radius 1 is 1.27 bits per heavy atom. The number of β-lactam (4-membered cyclic amide) rings is 1. The van der Waals surface area contributed by atoms with Crippen molar-refractivity contribution in [1.29, 1.82) is 0 Å². The van der Waals surface area contributed by atoms with Crippen molar-refractivity contribution < 1.29 is 24.3 Å². The van der Waals surface area contributed by atoms with Crippen molar-refractivity contribution in [2.24, 2.45) is 10.6 Å². The van der Waals surface area contributed by atoms with E-state index in [1.807, 2.05) is 0 Å². The quantitative estimate of drug-likeness (QED) is 0.127. The SMILES string of the molecule is Nc1nc(C(=NOC2CCCC2)C(=O)NC2C(=O)N3CC(C=CSc4cc(=O)c5ccc(Cl)cc5s4)(C(=O)O)CS[C@H]23)cs1. The number of thiazole rings is 1. The summed E-state index contributed by atoms with van der Waals surface area (Å²) in [6.07, 6.45) is 5.25. The largest absolute Gasteiger partial charge is 0.481 e. The molecule has 3 aromatic rings. The number of nitrogens with zero attached hydrogens (tertiary/aromatic N) is 3. The van der Waals surface area contributed by atoms with Crippen molar-refractivity contribution in [3.63, 3.8) is 0 Å². The van der Waals surface area contributed by atoms with Crippen LogP contribution in [0.1, 0.15) is 31.4 Å². The number of nitrogen functional groups attached to an aromatic ring is 1. The molecule has 3 atom stereocenters. The number of amides is 2. The molecule has 1 aliphatic carbocycles. The predicted molar refractivity (Wildman–Crippen MR) is 174 cm³/mol. The number of hydrogen-bond acceptors (Lipinski definition) is 12. The highest BCUT2D eigenvalue weighted by Crippen LogP contribution is 2.44. The van der Waals surface area contributed by atoms with Gasteiger partial charge >= 0.3 is 5.97 Å². The third-order valence-corrected chi connectivity index (χ3v) is 12.1. The highest BCUT2D eigenvalue weighted by molar-refractivity contribution is 8.04. The van der Waals surface area contributed by atoms with E-state index in [0.29, 0.717) is 14.6 Å². The number of carboxylic acid groups (broad SMARTS) is 1. The number of anilines is 1. The van der Waals surface area contributed by atoms with Crippen LogP contribution in [0.3, 0.4) is 0 Å². The van der Waals surface area contributed by atoms with Gasteiger partial charge in [-0.1, -0.05) is 34.6 Å². The van der Waals surface area contributed by atoms with Gasteiger partial charge in [0.05, 0.1) is 4.21 Å². The lowest BCUT2D eigenvalue weighted by molar-refractivity contribution is -0.156. The van der Waals surface area contributed by atoms with Crippen LogP contribution in [0.25, 0.3) is 10.1 Å². The molecule has 2 unspecified atom stereocenters. The number of carbonyl (C=O) groups is 3. The molecule has 2 aliphatic heterocycles. The van der Waals surface area contributed by atoms with E-state index in [0.717, 1.165) is 41.7 Å². The van der Waals surface area contributed by atoms with Crippen molar-refractivity contribution in [3.05, 3.63) is 62.1 Å². The highest BCUT2D eigenvalue weighted by Gasteiger charge is 2.57. The normalized spacial score (nSPS) is 24.0. The molecular weight excluding hydrogens is 666 g/mol. The minimum atomic E-state index is -1.34. The Kier molecular flexibility index (Phi) is 8.93. The van der Waals surface area contributed by atoms with Crippen molar-refractivity contribution in [3.8, 4) is 0 Å². The molecule has 4 heterocycles. The van der Waals surface area contributed by atoms with Gasteiger partial charge in [0, 0.05) is 38.9 Å². The summed E-state index contributed by atoms with van der Waals surface area (Å²) in [4.78, 5) is 62.7. The Balaban J connectivity index is 1.13. The summed E-state index contributed by atoms with van der Waals surface area (Å²) in [6, 6.07) is 5.73. The summed E-state index contributed by atoms with van der Waals surface area (Å²) in [5, 5.41) is 21.2. The predicted octanol–water partition coefficient (Wildman–Crippen LogP) is 4.39. The maximum absolute atomic E-state index is 13.3. The molecule has 2 aromatic heterocycles. The van der Waals surface area contributed by atoms with E-state index >= 15 is 0 Å². The second kappa shape index (κ2) is 12.7. The Morgan fingerprint density at radius 2 is 2.07 bits per heavy atom. The van der Waals surface area contributed by atoms with Gasteiger partial charge in [0.2, 0.25) is 5.91 Å². The molecule has 0 spiro atoms. The molecule has 1 aromatic carbocycles. The van der Waals surface area contributed by atoms with Crippen molar-refractivity contribution in [1.82, 2.24) is 15.2 Å². The Morgan fingerprint density at radius 3 is 2.80 bits per heavy atom. The molecule has 1 saturated carbocycles. The average Bonchev–Trinajstić information content (AvgIpc) is 3.67. The van der Waals surface area contributed by atoms with Gasteiger partial charge in [-0.15, -0.1) is 34.4 Å². The first-order valence-corrected chi connectivity index (χ1v) is 17.6. The van der Waals surface area contributed by atoms with E-state index in [-0.39, 0.29) is 46.3 Å². The molecule has 3 aliphatic rings. The Hall–Kier alpha value is -3.11. The number of halogens is 1. The van der Waals surface area contributed by atoms with Crippen LogP contribution in [-0.2, 0) is 19.2 Å². The Labute approximate surface area is 272 Å². The van der Waals surface area contributed by atoms with Gasteiger partial charge < -0.3 is 25.9 Å². The van der Waals surface area contributed by atoms with Crippen LogP contribution in [0.15, 0.2) is 55.3 Å². The molecule has 0 radical (unpaired) electrons. The van der Waals surface area contributed by atoms with Gasteiger partial charge in [-0.25, -0.2) is 4.98 Å². The first kappa shape index (κ1) is 30.9. The van der Waals surface area contributed by atoms with Crippen LogP contribution >= 0.6 is 57.8 Å². The molecule has 16 heteroatoms. The molecular formula is C28H26ClN5O6S4. The van der Waals surface area contributed by atoms with Gasteiger partial charge in [0.1, 0.15) is 28.6 Å². The maximum Gasteiger partial charge on any atom is 0.316 e. The first-order chi connectivity index (χ1) is 21.1. The van der Waals surface area contributed by atoms with Crippen LogP contribution in [-0.4, -0.2) is 68.3 Å². The van der Waals surface area contributed by atoms with E-state index in [1.54, 1.807) is 35.1 Å². The molecule has 6 rings (SSSR count). The van der Waals surface area contributed by atoms with Crippen LogP contribution in [0.5, 0.6) is 0 Å². The number of aromatic nitrogens is 1. The lowest BCUT2D eigenvalue weighted by atomic mass is 9.87. The molecule has 0 bridgehead atoms. The lowest BCUT2D eigenvalue weighted by Gasteiger charge is -2.53. The molecule has 2 amide bonds. The third-order valence-electron chi connectivity index (χ3n) is 7.63. The summed E-state index contributed by atoms with van der Waals surface area (Å²) < 4.78 is 1.42. The van der Waals surface area contributed by atoms with Crippen molar-refractivity contribution in [2.45, 2.75) is 47.4 Å². The number of hydrogen-bond donors (Lipinski definition) is 3. The van der Waals surface area contributed by atoms with Gasteiger partial charge in [0.25, 0.3) is 5.91 Å². The van der Waals surface area contributed by atoms with E-state index < -0.39 is 28.7 Å². The summed E-state index contributed by atoms with van der Waals surface area (Å²) in [6.45, 7) is -0.0554. The summed E-state index contributed by atoms with van der Waals surface area (Å²) in [5.74, 6) is -1.90. The second-order valence-corrected chi connectivity index (χ2v) is 15.3. The highest BCUT2D eigenvalue weighted by atomic mass is 35.5. The fraction of sp³-hybridized carbons (Fsp3) is 0.357. The van der Waals surface area contributed by atoms with Gasteiger partial charge in [0.15, 0.2) is 16.3 Å². The van der Waals surface area contributed by atoms with E-state index in [1.165, 1.54) is 45.8 Å². The number of rotatable bonds is 9. The van der Waals surface area contributed by atoms with Crippen LogP contribution < -0.4 is 16.5 Å². The fourth-order valence-corrected chi connectivity index (χ4v) is 9.64. The van der Waals surface area contributed by atoms with Gasteiger partial charge in [-0.2, -0.15) is 0 Å². The minimum absolute atomic E-state index is 0.0554. The molecule has 2 saturated heterocycles. The van der Waals surface area contributed by atoms with Crippen molar-refractivity contribution in [2.75, 3.05) is 18.0 Å². The fourth-order valence-electron chi connectivity index (χ4n) is 5.22. The average molecular weight is 692 g/mol. The number of fused-ring (bicyclic) bond motifs is 2. The zero-order chi connectivity index (χ0) is 31.0. The number of carbonyl (C=O) groups excluding carboxylic acids is 2. The van der Waals surface area contributed by atoms with Crippen LogP contribution in [0, 0.1) is 5.41 Å². The zero-order valence-corrected chi connectivity index (χ0v) is 27.0. The maximum atomic E-state index is 13.3. The van der Waals surface area contributed by atoms with Crippen LogP contribution in [0.2, 0.25) is 5.02 Å². The molecule has 230 valence electrons. The van der Waals surface area contributed by atoms with E-state index in [4.69, 9.17) is 22.2 Å². The second-order valence-electron chi connectivity index (χ2n) is 10.6. The number of aliphatic carboxylic acids is 1. The third kappa shape index (κ3) is 6.20. The molecule has 11 nitrogen and oxygen atoms in total. The number of thioether (sulfide) groups is 2. The van der Waals surface area contributed by atoms with Gasteiger partial charge in [-0.3, -0.25) is 19.2 Å². The molecule has 3 fully saturated rings. The lowest BCUT2D eigenvalue weighted by Crippen LogP contribution is -2.73. The topological polar surface area (TPSA) is 164 Å². The van der Waals surface area contributed by atoms with Crippen molar-refractivity contribution >= 4 is 96.5 Å². The minimum Gasteiger partial charge on any atom is -0.481 e. The standard InChI is InChI=1S/C28H26ClN5O6S4/c29-14-5-6-16-18(35)10-20(44-19(16)9-14)41-8-7-28(26(38)39)12-34-24(37)22(25(34)43-13-28)32-23(36)21(17-11-42-27(30)31-17)33-40-15-3-1-2-4-15/h5-11,15,22,25H,1-4,12-13H2,(H2,30,31)(H,32,36)(H,38,39)/t22?,25-,28?/m1/s1. The summed E-state index contributed by atoms with van der Waals surface area (Å²) in [7, 11) is 0. The van der Waals surface area contributed by atoms with E-state index in [2.05, 4.69) is 15.5 Å². The first-order valence-electron chi connectivity index (χ1n) is 13.6.